The summed E-state index contributed by atoms with van der Waals surface area (Å²) in [6, 6.07) is 0.279. The summed E-state index contributed by atoms with van der Waals surface area (Å²) in [5.74, 6) is 2.06. The van der Waals surface area contributed by atoms with Crippen LogP contribution in [0.4, 0.5) is 0 Å². The molecule has 4 heterocycles. The number of carbonyl (C=O) groups is 1. The molecule has 2 aromatic rings. The number of nitrogens with zero attached hydrogens (tertiary/aromatic N) is 5. The summed E-state index contributed by atoms with van der Waals surface area (Å²) in [6.45, 7) is 7.16. The van der Waals surface area contributed by atoms with Gasteiger partial charge in [-0.15, -0.1) is 0 Å². The molecular formula is C21H30N6O. The topological polar surface area (TPSA) is 75.9 Å². The Kier molecular flexibility index (Phi) is 5.71. The Morgan fingerprint density at radius 1 is 1.36 bits per heavy atom. The van der Waals surface area contributed by atoms with Gasteiger partial charge in [-0.1, -0.05) is 20.3 Å². The van der Waals surface area contributed by atoms with Gasteiger partial charge >= 0.3 is 0 Å². The molecule has 2 aliphatic rings. The van der Waals surface area contributed by atoms with Gasteiger partial charge in [-0.25, -0.2) is 15.0 Å². The van der Waals surface area contributed by atoms with Gasteiger partial charge in [0.15, 0.2) is 0 Å². The number of rotatable bonds is 5. The highest BCUT2D eigenvalue weighted by atomic mass is 16.2. The molecule has 1 fully saturated rings. The van der Waals surface area contributed by atoms with Crippen LogP contribution < -0.4 is 5.32 Å². The van der Waals surface area contributed by atoms with E-state index in [1.165, 1.54) is 12.8 Å². The van der Waals surface area contributed by atoms with Crippen molar-refractivity contribution in [2.75, 3.05) is 13.1 Å². The second-order valence-corrected chi connectivity index (χ2v) is 7.96. The summed E-state index contributed by atoms with van der Waals surface area (Å²) in [5.41, 5.74) is 2.19. The van der Waals surface area contributed by atoms with E-state index in [0.717, 1.165) is 55.3 Å². The van der Waals surface area contributed by atoms with Crippen LogP contribution in [0.15, 0.2) is 18.6 Å². The lowest BCUT2D eigenvalue weighted by molar-refractivity contribution is -0.136. The van der Waals surface area contributed by atoms with Gasteiger partial charge in [-0.2, -0.15) is 0 Å². The van der Waals surface area contributed by atoms with Gasteiger partial charge < -0.3 is 14.8 Å². The Labute approximate surface area is 166 Å². The van der Waals surface area contributed by atoms with Crippen LogP contribution in [0.3, 0.4) is 0 Å². The van der Waals surface area contributed by atoms with Crippen molar-refractivity contribution in [1.29, 1.82) is 0 Å². The highest BCUT2D eigenvalue weighted by molar-refractivity contribution is 5.78. The number of hydrogen-bond acceptors (Lipinski definition) is 5. The number of fused-ring (bicyclic) bond motifs is 1. The number of amides is 1. The maximum Gasteiger partial charge on any atom is 0.227 e. The van der Waals surface area contributed by atoms with Crippen LogP contribution in [-0.2, 0) is 30.7 Å². The second-order valence-electron chi connectivity index (χ2n) is 7.96. The van der Waals surface area contributed by atoms with Gasteiger partial charge in [0, 0.05) is 56.6 Å². The van der Waals surface area contributed by atoms with Crippen LogP contribution in [0.25, 0.3) is 0 Å². The molecule has 150 valence electrons. The van der Waals surface area contributed by atoms with E-state index in [2.05, 4.69) is 26.8 Å². The van der Waals surface area contributed by atoms with Gasteiger partial charge in [-0.05, 0) is 19.4 Å². The summed E-state index contributed by atoms with van der Waals surface area (Å²) in [5, 5.41) is 3.52. The predicted molar refractivity (Wildman–Crippen MR) is 107 cm³/mol. The van der Waals surface area contributed by atoms with Gasteiger partial charge in [0.25, 0.3) is 0 Å². The molecule has 0 aliphatic carbocycles. The zero-order valence-corrected chi connectivity index (χ0v) is 16.9. The Morgan fingerprint density at radius 2 is 2.25 bits per heavy atom. The lowest BCUT2D eigenvalue weighted by Gasteiger charge is -2.31. The molecule has 0 aromatic carbocycles. The molecule has 0 saturated carbocycles. The standard InChI is InChI=1S/C21H30N6O/c1-3-19-23-9-11-26(19)13-15(2)21(28)27-10-7-17-16(14-27)12-24-20(25-17)18-6-4-5-8-22-18/h9,11-12,15,18,22H,3-8,10,13-14H2,1-2H3. The number of aryl methyl sites for hydroxylation is 1. The zero-order valence-electron chi connectivity index (χ0n) is 16.9. The molecule has 2 aliphatic heterocycles. The smallest absolute Gasteiger partial charge is 0.227 e. The van der Waals surface area contributed by atoms with Crippen LogP contribution >= 0.6 is 0 Å². The average Bonchev–Trinajstić information content (AvgIpc) is 3.20. The van der Waals surface area contributed by atoms with Crippen LogP contribution in [0.5, 0.6) is 0 Å². The minimum absolute atomic E-state index is 0.0762. The molecule has 0 spiro atoms. The fourth-order valence-corrected chi connectivity index (χ4v) is 4.27. The first-order chi connectivity index (χ1) is 13.7. The minimum atomic E-state index is -0.0762. The highest BCUT2D eigenvalue weighted by Crippen LogP contribution is 2.24. The van der Waals surface area contributed by atoms with E-state index in [0.29, 0.717) is 13.1 Å². The quantitative estimate of drug-likeness (QED) is 0.859. The molecule has 1 N–H and O–H groups in total. The maximum absolute atomic E-state index is 13.0. The van der Waals surface area contributed by atoms with Crippen LogP contribution in [0.2, 0.25) is 0 Å². The molecule has 2 atom stereocenters. The third kappa shape index (κ3) is 3.94. The maximum atomic E-state index is 13.0. The number of imidazole rings is 1. The fourth-order valence-electron chi connectivity index (χ4n) is 4.27. The summed E-state index contributed by atoms with van der Waals surface area (Å²) in [7, 11) is 0. The van der Waals surface area contributed by atoms with Crippen LogP contribution in [0.1, 0.15) is 62.1 Å². The van der Waals surface area contributed by atoms with Gasteiger partial charge in [0.05, 0.1) is 17.7 Å². The van der Waals surface area contributed by atoms with Crippen molar-refractivity contribution in [2.24, 2.45) is 5.92 Å². The first kappa shape index (κ1) is 19.1. The zero-order chi connectivity index (χ0) is 19.5. The molecular weight excluding hydrogens is 352 g/mol. The van der Waals surface area contributed by atoms with Crippen molar-refractivity contribution in [3.8, 4) is 0 Å². The van der Waals surface area contributed by atoms with Gasteiger partial charge in [0.1, 0.15) is 11.6 Å². The van der Waals surface area contributed by atoms with E-state index in [1.807, 2.05) is 30.4 Å². The largest absolute Gasteiger partial charge is 0.338 e. The van der Waals surface area contributed by atoms with E-state index >= 15 is 0 Å². The van der Waals surface area contributed by atoms with Crippen molar-refractivity contribution in [2.45, 2.75) is 65.1 Å². The molecule has 1 saturated heterocycles. The summed E-state index contributed by atoms with van der Waals surface area (Å²) in [4.78, 5) is 28.7. The second kappa shape index (κ2) is 8.39. The average molecular weight is 383 g/mol. The van der Waals surface area contributed by atoms with E-state index in [4.69, 9.17) is 4.98 Å². The first-order valence-electron chi connectivity index (χ1n) is 10.5. The third-order valence-electron chi connectivity index (χ3n) is 5.90. The molecule has 7 heteroatoms. The normalized spacial score (nSPS) is 20.6. The van der Waals surface area contributed by atoms with Gasteiger partial charge in [0.2, 0.25) is 5.91 Å². The minimum Gasteiger partial charge on any atom is -0.338 e. The molecule has 2 aromatic heterocycles. The molecule has 28 heavy (non-hydrogen) atoms. The number of hydrogen-bond donors (Lipinski definition) is 1. The van der Waals surface area contributed by atoms with Crippen molar-refractivity contribution < 1.29 is 4.79 Å². The summed E-state index contributed by atoms with van der Waals surface area (Å²) in [6.07, 6.45) is 11.0. The molecule has 1 amide bonds. The number of carbonyl (C=O) groups excluding carboxylic acids is 1. The summed E-state index contributed by atoms with van der Waals surface area (Å²) < 4.78 is 2.09. The number of aromatic nitrogens is 4. The Balaban J connectivity index is 1.41. The van der Waals surface area contributed by atoms with Crippen molar-refractivity contribution >= 4 is 5.91 Å². The Bertz CT molecular complexity index is 826. The van der Waals surface area contributed by atoms with Gasteiger partial charge in [-0.3, -0.25) is 4.79 Å². The molecule has 0 bridgehead atoms. The van der Waals surface area contributed by atoms with Crippen molar-refractivity contribution in [3.05, 3.63) is 41.5 Å². The van der Waals surface area contributed by atoms with Crippen LogP contribution in [0, 0.1) is 5.92 Å². The van der Waals surface area contributed by atoms with Crippen molar-refractivity contribution in [3.63, 3.8) is 0 Å². The predicted octanol–water partition coefficient (Wildman–Crippen LogP) is 2.27. The van der Waals surface area contributed by atoms with E-state index in [1.54, 1.807) is 0 Å². The monoisotopic (exact) mass is 382 g/mol. The lowest BCUT2D eigenvalue weighted by atomic mass is 10.0. The number of piperidine rings is 1. The third-order valence-corrected chi connectivity index (χ3v) is 5.90. The summed E-state index contributed by atoms with van der Waals surface area (Å²) >= 11 is 0. The first-order valence-corrected chi connectivity index (χ1v) is 10.5. The molecule has 7 nitrogen and oxygen atoms in total. The van der Waals surface area contributed by atoms with Crippen LogP contribution in [-0.4, -0.2) is 43.4 Å². The highest BCUT2D eigenvalue weighted by Gasteiger charge is 2.27. The Hall–Kier alpha value is -2.28. The van der Waals surface area contributed by atoms with E-state index < -0.39 is 0 Å². The van der Waals surface area contributed by atoms with E-state index in [-0.39, 0.29) is 17.9 Å². The number of nitrogens with one attached hydrogen (secondary N) is 1. The molecule has 2 unspecified atom stereocenters. The lowest BCUT2D eigenvalue weighted by Crippen LogP contribution is -2.40. The Morgan fingerprint density at radius 3 is 3.04 bits per heavy atom. The molecule has 4 rings (SSSR count). The SMILES string of the molecule is CCc1nccn1CC(C)C(=O)N1CCc2nc(C3CCCCN3)ncc2C1. The molecule has 0 radical (unpaired) electrons. The fraction of sp³-hybridized carbons (Fsp3) is 0.619. The van der Waals surface area contributed by atoms with Crippen molar-refractivity contribution in [1.82, 2.24) is 29.7 Å². The van der Waals surface area contributed by atoms with E-state index in [9.17, 15) is 4.79 Å².